The van der Waals surface area contributed by atoms with Crippen LogP contribution in [0, 0.1) is 6.92 Å². The number of fused-ring (bicyclic) bond motifs is 1. The van der Waals surface area contributed by atoms with Gasteiger partial charge in [0.25, 0.3) is 5.24 Å². The highest BCUT2D eigenvalue weighted by molar-refractivity contribution is 6.67. The van der Waals surface area contributed by atoms with Gasteiger partial charge in [0.1, 0.15) is 5.69 Å². The van der Waals surface area contributed by atoms with Crippen LogP contribution in [-0.2, 0) is 0 Å². The number of hydrogen-bond donors (Lipinski definition) is 0. The van der Waals surface area contributed by atoms with Gasteiger partial charge in [0.2, 0.25) is 0 Å². The van der Waals surface area contributed by atoms with Crippen LogP contribution in [0.4, 0.5) is 0 Å². The van der Waals surface area contributed by atoms with Crippen LogP contribution in [0.3, 0.4) is 0 Å². The fourth-order valence-corrected chi connectivity index (χ4v) is 1.20. The SMILES string of the molecule is Cc1ccnc2cc(C(=O)Cl)nn12. The number of hydrogen-bond acceptors (Lipinski definition) is 3. The largest absolute Gasteiger partial charge is 0.274 e. The van der Waals surface area contributed by atoms with E-state index >= 15 is 0 Å². The third-order valence-electron chi connectivity index (χ3n) is 1.75. The molecule has 0 saturated carbocycles. The second kappa shape index (κ2) is 2.81. The van der Waals surface area contributed by atoms with E-state index in [1.807, 2.05) is 13.0 Å². The van der Waals surface area contributed by atoms with E-state index in [0.29, 0.717) is 5.65 Å². The van der Waals surface area contributed by atoms with Crippen molar-refractivity contribution in [2.75, 3.05) is 0 Å². The van der Waals surface area contributed by atoms with Crippen molar-refractivity contribution in [1.82, 2.24) is 14.6 Å². The zero-order chi connectivity index (χ0) is 9.42. The standard InChI is InChI=1S/C8H6ClN3O/c1-5-2-3-10-7-4-6(8(9)13)11-12(5)7/h2-4H,1H3. The topological polar surface area (TPSA) is 47.3 Å². The summed E-state index contributed by atoms with van der Waals surface area (Å²) in [5.41, 5.74) is 1.77. The first-order valence-electron chi connectivity index (χ1n) is 3.70. The first kappa shape index (κ1) is 8.19. The maximum atomic E-state index is 10.8. The van der Waals surface area contributed by atoms with Crippen LogP contribution in [0.2, 0.25) is 0 Å². The van der Waals surface area contributed by atoms with Crippen molar-refractivity contribution in [1.29, 1.82) is 0 Å². The van der Waals surface area contributed by atoms with Crippen LogP contribution >= 0.6 is 11.6 Å². The van der Waals surface area contributed by atoms with Crippen molar-refractivity contribution in [2.45, 2.75) is 6.92 Å². The second-order valence-electron chi connectivity index (χ2n) is 2.66. The van der Waals surface area contributed by atoms with E-state index in [0.717, 1.165) is 5.69 Å². The Hall–Kier alpha value is -1.42. The molecule has 0 aliphatic carbocycles. The molecule has 0 fully saturated rings. The fourth-order valence-electron chi connectivity index (χ4n) is 1.11. The molecule has 0 saturated heterocycles. The van der Waals surface area contributed by atoms with E-state index in [1.165, 1.54) is 0 Å². The molecule has 0 unspecified atom stereocenters. The normalized spacial score (nSPS) is 10.6. The summed E-state index contributed by atoms with van der Waals surface area (Å²) in [6, 6.07) is 3.37. The number of carbonyl (C=O) groups excluding carboxylic acids is 1. The molecule has 0 aromatic carbocycles. The molecule has 0 aliphatic heterocycles. The predicted molar refractivity (Wildman–Crippen MR) is 47.9 cm³/mol. The highest BCUT2D eigenvalue weighted by Gasteiger charge is 2.08. The van der Waals surface area contributed by atoms with Crippen molar-refractivity contribution in [3.05, 3.63) is 29.7 Å². The number of aromatic nitrogens is 3. The minimum absolute atomic E-state index is 0.225. The molecule has 0 aliphatic rings. The predicted octanol–water partition coefficient (Wildman–Crippen LogP) is 1.42. The summed E-state index contributed by atoms with van der Waals surface area (Å²) in [6.07, 6.45) is 1.66. The molecule has 0 spiro atoms. The quantitative estimate of drug-likeness (QED) is 0.647. The Kier molecular flexibility index (Phi) is 1.77. The number of nitrogens with zero attached hydrogens (tertiary/aromatic N) is 3. The lowest BCUT2D eigenvalue weighted by molar-refractivity contribution is 0.107. The van der Waals surface area contributed by atoms with E-state index in [1.54, 1.807) is 16.8 Å². The van der Waals surface area contributed by atoms with E-state index in [2.05, 4.69) is 10.1 Å². The summed E-state index contributed by atoms with van der Waals surface area (Å²) >= 11 is 5.28. The fraction of sp³-hybridized carbons (Fsp3) is 0.125. The number of halogens is 1. The average Bonchev–Trinajstić information content (AvgIpc) is 2.49. The summed E-state index contributed by atoms with van der Waals surface area (Å²) in [6.45, 7) is 1.88. The summed E-state index contributed by atoms with van der Waals surface area (Å²) in [7, 11) is 0. The third kappa shape index (κ3) is 1.29. The third-order valence-corrected chi connectivity index (χ3v) is 1.94. The Morgan fingerprint density at radius 2 is 2.38 bits per heavy atom. The molecule has 5 heteroatoms. The van der Waals surface area contributed by atoms with Crippen molar-refractivity contribution in [3.63, 3.8) is 0 Å². The van der Waals surface area contributed by atoms with Crippen LogP contribution in [-0.4, -0.2) is 19.8 Å². The molecule has 2 heterocycles. The van der Waals surface area contributed by atoms with Crippen LogP contribution in [0.1, 0.15) is 16.2 Å². The maximum Gasteiger partial charge on any atom is 0.272 e. The van der Waals surface area contributed by atoms with Crippen LogP contribution in [0.15, 0.2) is 18.3 Å². The molecular formula is C8H6ClN3O. The van der Waals surface area contributed by atoms with E-state index in [4.69, 9.17) is 11.6 Å². The summed E-state index contributed by atoms with van der Waals surface area (Å²) < 4.78 is 1.58. The van der Waals surface area contributed by atoms with Gasteiger partial charge in [0, 0.05) is 18.0 Å². The molecule has 0 radical (unpaired) electrons. The van der Waals surface area contributed by atoms with Gasteiger partial charge >= 0.3 is 0 Å². The molecule has 66 valence electrons. The number of aryl methyl sites for hydroxylation is 1. The number of carbonyl (C=O) groups is 1. The Morgan fingerprint density at radius 1 is 1.62 bits per heavy atom. The van der Waals surface area contributed by atoms with Crippen LogP contribution in [0.25, 0.3) is 5.65 Å². The first-order valence-corrected chi connectivity index (χ1v) is 4.07. The van der Waals surface area contributed by atoms with E-state index < -0.39 is 5.24 Å². The van der Waals surface area contributed by atoms with Gasteiger partial charge in [0.15, 0.2) is 5.65 Å². The van der Waals surface area contributed by atoms with Crippen molar-refractivity contribution < 1.29 is 4.79 Å². The average molecular weight is 196 g/mol. The molecule has 0 atom stereocenters. The van der Waals surface area contributed by atoms with E-state index in [9.17, 15) is 4.79 Å². The lowest BCUT2D eigenvalue weighted by Gasteiger charge is -1.94. The van der Waals surface area contributed by atoms with Gasteiger partial charge in [-0.15, -0.1) is 0 Å². The zero-order valence-corrected chi connectivity index (χ0v) is 7.62. The monoisotopic (exact) mass is 195 g/mol. The Bertz CT molecular complexity index is 477. The lowest BCUT2D eigenvalue weighted by Crippen LogP contribution is -1.96. The highest BCUT2D eigenvalue weighted by Crippen LogP contribution is 2.07. The summed E-state index contributed by atoms with van der Waals surface area (Å²) in [4.78, 5) is 14.8. The molecule has 2 aromatic heterocycles. The van der Waals surface area contributed by atoms with Crippen molar-refractivity contribution >= 4 is 22.5 Å². The minimum atomic E-state index is -0.565. The Labute approximate surface area is 79.2 Å². The van der Waals surface area contributed by atoms with Gasteiger partial charge in [-0.25, -0.2) is 9.50 Å². The van der Waals surface area contributed by atoms with Gasteiger partial charge in [-0.2, -0.15) is 5.10 Å². The van der Waals surface area contributed by atoms with Gasteiger partial charge in [-0.3, -0.25) is 4.79 Å². The molecule has 2 rings (SSSR count). The molecule has 0 bridgehead atoms. The molecule has 4 nitrogen and oxygen atoms in total. The van der Waals surface area contributed by atoms with E-state index in [-0.39, 0.29) is 5.69 Å². The maximum absolute atomic E-state index is 10.8. The van der Waals surface area contributed by atoms with Gasteiger partial charge in [-0.05, 0) is 24.6 Å². The van der Waals surface area contributed by atoms with Gasteiger partial charge in [-0.1, -0.05) is 0 Å². The second-order valence-corrected chi connectivity index (χ2v) is 3.00. The molecule has 0 N–H and O–H groups in total. The molecule has 0 amide bonds. The van der Waals surface area contributed by atoms with Crippen LogP contribution in [0.5, 0.6) is 0 Å². The molecular weight excluding hydrogens is 190 g/mol. The van der Waals surface area contributed by atoms with Crippen LogP contribution < -0.4 is 0 Å². The smallest absolute Gasteiger partial charge is 0.272 e. The van der Waals surface area contributed by atoms with Crippen molar-refractivity contribution in [3.8, 4) is 0 Å². The number of rotatable bonds is 1. The van der Waals surface area contributed by atoms with Crippen molar-refractivity contribution in [2.24, 2.45) is 0 Å². The molecule has 2 aromatic rings. The molecule has 13 heavy (non-hydrogen) atoms. The first-order chi connectivity index (χ1) is 6.18. The Morgan fingerprint density at radius 3 is 3.00 bits per heavy atom. The lowest BCUT2D eigenvalue weighted by atomic mass is 10.4. The zero-order valence-electron chi connectivity index (χ0n) is 6.86. The van der Waals surface area contributed by atoms with Gasteiger partial charge < -0.3 is 0 Å². The highest BCUT2D eigenvalue weighted by atomic mass is 35.5. The van der Waals surface area contributed by atoms with Gasteiger partial charge in [0.05, 0.1) is 0 Å². The summed E-state index contributed by atoms with van der Waals surface area (Å²) in [5.74, 6) is 0. The minimum Gasteiger partial charge on any atom is -0.274 e. The Balaban J connectivity index is 2.75. The summed E-state index contributed by atoms with van der Waals surface area (Å²) in [5, 5.41) is 3.42.